The number of carbonyl (C=O) groups is 2. The van der Waals surface area contributed by atoms with E-state index in [-0.39, 0.29) is 18.3 Å². The summed E-state index contributed by atoms with van der Waals surface area (Å²) >= 11 is 0. The minimum atomic E-state index is -0.972. The number of carboxylic acid groups (broad SMARTS) is 1. The summed E-state index contributed by atoms with van der Waals surface area (Å²) in [6.07, 6.45) is 3.95. The van der Waals surface area contributed by atoms with Crippen LogP contribution in [0.5, 0.6) is 0 Å². The first kappa shape index (κ1) is 19.6. The maximum atomic E-state index is 13.4. The van der Waals surface area contributed by atoms with E-state index in [0.29, 0.717) is 31.9 Å². The Balaban J connectivity index is 1.61. The predicted octanol–water partition coefficient (Wildman–Crippen LogP) is 2.57. The average molecular weight is 409 g/mol. The van der Waals surface area contributed by atoms with E-state index in [1.807, 2.05) is 12.1 Å². The van der Waals surface area contributed by atoms with Crippen LogP contribution >= 0.6 is 0 Å². The molecule has 0 spiro atoms. The van der Waals surface area contributed by atoms with Gasteiger partial charge in [0.05, 0.1) is 17.7 Å². The fourth-order valence-electron chi connectivity index (χ4n) is 3.53. The highest BCUT2D eigenvalue weighted by Gasteiger charge is 2.25. The molecule has 0 radical (unpaired) electrons. The van der Waals surface area contributed by atoms with Gasteiger partial charge >= 0.3 is 6.09 Å². The minimum absolute atomic E-state index is 0.0684. The van der Waals surface area contributed by atoms with Crippen molar-refractivity contribution in [1.82, 2.24) is 24.3 Å². The summed E-state index contributed by atoms with van der Waals surface area (Å²) in [7, 11) is 0. The molecule has 2 amide bonds. The van der Waals surface area contributed by atoms with Gasteiger partial charge < -0.3 is 19.5 Å². The van der Waals surface area contributed by atoms with Gasteiger partial charge in [0.25, 0.3) is 0 Å². The van der Waals surface area contributed by atoms with Gasteiger partial charge in [-0.2, -0.15) is 0 Å². The molecular weight excluding hydrogens is 389 g/mol. The largest absolute Gasteiger partial charge is 0.465 e. The van der Waals surface area contributed by atoms with Crippen LogP contribution in [0.4, 0.5) is 9.18 Å². The van der Waals surface area contributed by atoms with E-state index in [1.165, 1.54) is 17.0 Å². The zero-order valence-corrected chi connectivity index (χ0v) is 16.1. The van der Waals surface area contributed by atoms with E-state index in [0.717, 1.165) is 16.8 Å². The molecule has 1 fully saturated rings. The van der Waals surface area contributed by atoms with Crippen LogP contribution in [-0.4, -0.2) is 67.6 Å². The Hall–Kier alpha value is -3.75. The molecule has 154 valence electrons. The van der Waals surface area contributed by atoms with E-state index >= 15 is 0 Å². The van der Waals surface area contributed by atoms with E-state index in [2.05, 4.69) is 9.97 Å². The molecule has 1 aromatic carbocycles. The van der Waals surface area contributed by atoms with Crippen LogP contribution < -0.4 is 0 Å². The Bertz CT molecular complexity index is 1040. The van der Waals surface area contributed by atoms with Gasteiger partial charge in [-0.3, -0.25) is 9.78 Å². The number of piperazine rings is 1. The molecule has 1 N–H and O–H groups in total. The lowest BCUT2D eigenvalue weighted by molar-refractivity contribution is -0.133. The van der Waals surface area contributed by atoms with Crippen LogP contribution in [0, 0.1) is 5.82 Å². The summed E-state index contributed by atoms with van der Waals surface area (Å²) < 4.78 is 15.1. The molecule has 0 bridgehead atoms. The normalized spacial score (nSPS) is 14.0. The number of hydrogen-bond acceptors (Lipinski definition) is 4. The quantitative estimate of drug-likeness (QED) is 0.715. The molecule has 9 heteroatoms. The fraction of sp³-hybridized carbons (Fsp3) is 0.238. The second-order valence-electron chi connectivity index (χ2n) is 6.96. The minimum Gasteiger partial charge on any atom is -0.465 e. The van der Waals surface area contributed by atoms with Crippen LogP contribution in [0.1, 0.15) is 0 Å². The molecule has 0 atom stereocenters. The van der Waals surface area contributed by atoms with Crippen molar-refractivity contribution in [1.29, 1.82) is 0 Å². The third kappa shape index (κ3) is 4.00. The third-order valence-corrected chi connectivity index (χ3v) is 5.12. The lowest BCUT2D eigenvalue weighted by atomic mass is 10.1. The maximum Gasteiger partial charge on any atom is 0.407 e. The highest BCUT2D eigenvalue weighted by molar-refractivity contribution is 5.81. The number of rotatable bonds is 4. The second-order valence-corrected chi connectivity index (χ2v) is 6.96. The molecule has 0 saturated carbocycles. The first-order chi connectivity index (χ1) is 14.5. The molecule has 3 heterocycles. The van der Waals surface area contributed by atoms with Gasteiger partial charge in [-0.25, -0.2) is 14.2 Å². The molecule has 30 heavy (non-hydrogen) atoms. The van der Waals surface area contributed by atoms with E-state index < -0.39 is 6.09 Å². The van der Waals surface area contributed by atoms with Crippen molar-refractivity contribution in [3.63, 3.8) is 0 Å². The number of amides is 2. The van der Waals surface area contributed by atoms with Gasteiger partial charge in [0, 0.05) is 49.7 Å². The van der Waals surface area contributed by atoms with Crippen LogP contribution in [-0.2, 0) is 11.3 Å². The van der Waals surface area contributed by atoms with Crippen LogP contribution in [0.3, 0.4) is 0 Å². The first-order valence-corrected chi connectivity index (χ1v) is 9.50. The SMILES string of the molecule is O=C(O)N1CCN(C(=O)Cn2cnc(-c3ccc(F)cc3)c2-c2ccncc2)CC1. The number of halogens is 1. The number of hydrogen-bond donors (Lipinski definition) is 1. The van der Waals surface area contributed by atoms with Crippen molar-refractivity contribution in [3.8, 4) is 22.5 Å². The van der Waals surface area contributed by atoms with Crippen molar-refractivity contribution >= 4 is 12.0 Å². The summed E-state index contributed by atoms with van der Waals surface area (Å²) in [6, 6.07) is 9.71. The van der Waals surface area contributed by atoms with E-state index in [4.69, 9.17) is 5.11 Å². The topological polar surface area (TPSA) is 91.6 Å². The van der Waals surface area contributed by atoms with Crippen molar-refractivity contribution in [2.45, 2.75) is 6.54 Å². The summed E-state index contributed by atoms with van der Waals surface area (Å²) in [5.41, 5.74) is 2.96. The highest BCUT2D eigenvalue weighted by Crippen LogP contribution is 2.31. The van der Waals surface area contributed by atoms with Gasteiger partial charge in [-0.05, 0) is 36.4 Å². The fourth-order valence-corrected chi connectivity index (χ4v) is 3.53. The number of benzene rings is 1. The zero-order chi connectivity index (χ0) is 21.1. The smallest absolute Gasteiger partial charge is 0.407 e. The summed E-state index contributed by atoms with van der Waals surface area (Å²) in [5.74, 6) is -0.447. The zero-order valence-electron chi connectivity index (χ0n) is 16.1. The molecule has 1 aliphatic heterocycles. The first-order valence-electron chi connectivity index (χ1n) is 9.50. The number of pyridine rings is 1. The second kappa shape index (κ2) is 8.32. The molecule has 0 aliphatic carbocycles. The molecule has 2 aromatic heterocycles. The molecule has 1 saturated heterocycles. The van der Waals surface area contributed by atoms with E-state index in [1.54, 1.807) is 40.3 Å². The van der Waals surface area contributed by atoms with E-state index in [9.17, 15) is 14.0 Å². The van der Waals surface area contributed by atoms with Gasteiger partial charge in [0.1, 0.15) is 12.4 Å². The number of carbonyl (C=O) groups excluding carboxylic acids is 1. The highest BCUT2D eigenvalue weighted by atomic mass is 19.1. The lowest BCUT2D eigenvalue weighted by Gasteiger charge is -2.33. The van der Waals surface area contributed by atoms with Crippen LogP contribution in [0.2, 0.25) is 0 Å². The van der Waals surface area contributed by atoms with Crippen molar-refractivity contribution in [2.24, 2.45) is 0 Å². The monoisotopic (exact) mass is 409 g/mol. The maximum absolute atomic E-state index is 13.4. The molecule has 8 nitrogen and oxygen atoms in total. The van der Waals surface area contributed by atoms with Crippen LogP contribution in [0.15, 0.2) is 55.1 Å². The van der Waals surface area contributed by atoms with Gasteiger partial charge in [0.15, 0.2) is 0 Å². The molecule has 4 rings (SSSR count). The molecular formula is C21H20FN5O3. The van der Waals surface area contributed by atoms with Gasteiger partial charge in [0.2, 0.25) is 5.91 Å². The average Bonchev–Trinajstić information content (AvgIpc) is 3.18. The Morgan fingerprint density at radius 2 is 1.57 bits per heavy atom. The molecule has 0 unspecified atom stereocenters. The van der Waals surface area contributed by atoms with Crippen molar-refractivity contribution in [2.75, 3.05) is 26.2 Å². The van der Waals surface area contributed by atoms with Gasteiger partial charge in [-0.15, -0.1) is 0 Å². The number of aromatic nitrogens is 3. The third-order valence-electron chi connectivity index (χ3n) is 5.12. The predicted molar refractivity (Wildman–Crippen MR) is 107 cm³/mol. The molecule has 1 aliphatic rings. The Morgan fingerprint density at radius 3 is 2.20 bits per heavy atom. The lowest BCUT2D eigenvalue weighted by Crippen LogP contribution is -2.50. The standard InChI is InChI=1S/C21H20FN5O3/c22-17-3-1-15(2-4-17)19-20(16-5-7-23-8-6-16)27(14-24-19)13-18(28)25-9-11-26(12-10-25)21(29)30/h1-8,14H,9-13H2,(H,29,30). The van der Waals surface area contributed by atoms with Gasteiger partial charge in [-0.1, -0.05) is 0 Å². The van der Waals surface area contributed by atoms with Crippen LogP contribution in [0.25, 0.3) is 22.5 Å². The number of imidazole rings is 1. The van der Waals surface area contributed by atoms with Crippen molar-refractivity contribution < 1.29 is 19.1 Å². The Labute approximate surface area is 172 Å². The summed E-state index contributed by atoms with van der Waals surface area (Å²) in [6.45, 7) is 1.37. The summed E-state index contributed by atoms with van der Waals surface area (Å²) in [5, 5.41) is 9.07. The Morgan fingerprint density at radius 1 is 0.933 bits per heavy atom. The van der Waals surface area contributed by atoms with Crippen molar-refractivity contribution in [3.05, 3.63) is 60.9 Å². The number of nitrogens with zero attached hydrogens (tertiary/aromatic N) is 5. The summed E-state index contributed by atoms with van der Waals surface area (Å²) in [4.78, 5) is 35.4. The Kier molecular flexibility index (Phi) is 5.42. The molecule has 3 aromatic rings.